The van der Waals surface area contributed by atoms with Crippen molar-refractivity contribution >= 4 is 11.9 Å². The smallest absolute Gasteiger partial charge is 0.374 e. The van der Waals surface area contributed by atoms with Crippen LogP contribution in [0.2, 0.25) is 0 Å². The van der Waals surface area contributed by atoms with Crippen LogP contribution in [0.3, 0.4) is 0 Å². The Kier molecular flexibility index (Phi) is 5.36. The van der Waals surface area contributed by atoms with Crippen molar-refractivity contribution in [2.45, 2.75) is 32.9 Å². The number of ether oxygens (including phenoxy) is 1. The van der Waals surface area contributed by atoms with Crippen LogP contribution in [0.5, 0.6) is 0 Å². The van der Waals surface area contributed by atoms with Gasteiger partial charge in [0.25, 0.3) is 5.91 Å². The lowest BCUT2D eigenvalue weighted by Gasteiger charge is -2.15. The number of nitrogens with one attached hydrogen (secondary N) is 1. The number of hydrogen-bond acceptors (Lipinski definition) is 4. The summed E-state index contributed by atoms with van der Waals surface area (Å²) < 4.78 is 10.1. The first-order chi connectivity index (χ1) is 10.6. The molecule has 0 saturated heterocycles. The minimum atomic E-state index is -0.831. The summed E-state index contributed by atoms with van der Waals surface area (Å²) in [5.74, 6) is -0.866. The van der Waals surface area contributed by atoms with Gasteiger partial charge in [-0.25, -0.2) is 4.79 Å². The molecule has 116 valence electrons. The highest BCUT2D eigenvalue weighted by Gasteiger charge is 2.22. The van der Waals surface area contributed by atoms with E-state index in [1.54, 1.807) is 13.0 Å². The SMILES string of the molecule is CC[C@@H](OC(=O)c1ccco1)C(=O)NCc1ccc(C)cc1. The summed E-state index contributed by atoms with van der Waals surface area (Å²) in [5.41, 5.74) is 2.15. The number of hydrogen-bond donors (Lipinski definition) is 1. The highest BCUT2D eigenvalue weighted by molar-refractivity contribution is 5.90. The zero-order valence-electron chi connectivity index (χ0n) is 12.7. The molecule has 0 spiro atoms. The minimum absolute atomic E-state index is 0.0878. The Morgan fingerprint density at radius 2 is 1.95 bits per heavy atom. The van der Waals surface area contributed by atoms with Crippen molar-refractivity contribution in [1.82, 2.24) is 5.32 Å². The first-order valence-electron chi connectivity index (χ1n) is 7.18. The van der Waals surface area contributed by atoms with Gasteiger partial charge in [-0.05, 0) is 31.0 Å². The van der Waals surface area contributed by atoms with E-state index in [1.807, 2.05) is 31.2 Å². The first-order valence-corrected chi connectivity index (χ1v) is 7.18. The fourth-order valence-corrected chi connectivity index (χ4v) is 1.91. The maximum atomic E-state index is 12.1. The van der Waals surface area contributed by atoms with Gasteiger partial charge in [-0.2, -0.15) is 0 Å². The molecule has 0 aliphatic rings. The summed E-state index contributed by atoms with van der Waals surface area (Å²) in [6, 6.07) is 11.0. The first kappa shape index (κ1) is 15.8. The molecule has 1 heterocycles. The van der Waals surface area contributed by atoms with Crippen LogP contribution in [-0.2, 0) is 16.1 Å². The number of aryl methyl sites for hydroxylation is 1. The van der Waals surface area contributed by atoms with Crippen LogP contribution in [0.1, 0.15) is 35.0 Å². The molecule has 1 amide bonds. The van der Waals surface area contributed by atoms with Gasteiger partial charge in [0.1, 0.15) is 0 Å². The van der Waals surface area contributed by atoms with E-state index in [2.05, 4.69) is 5.32 Å². The molecule has 0 saturated carbocycles. The third-order valence-electron chi connectivity index (χ3n) is 3.22. The third kappa shape index (κ3) is 4.22. The number of amides is 1. The van der Waals surface area contributed by atoms with Crippen molar-refractivity contribution in [3.8, 4) is 0 Å². The molecule has 0 radical (unpaired) electrons. The average Bonchev–Trinajstić information content (AvgIpc) is 3.06. The van der Waals surface area contributed by atoms with E-state index < -0.39 is 12.1 Å². The fraction of sp³-hybridized carbons (Fsp3) is 0.294. The van der Waals surface area contributed by atoms with Crippen molar-refractivity contribution in [2.24, 2.45) is 0 Å². The van der Waals surface area contributed by atoms with Crippen LogP contribution in [0.4, 0.5) is 0 Å². The van der Waals surface area contributed by atoms with Crippen molar-refractivity contribution in [2.75, 3.05) is 0 Å². The van der Waals surface area contributed by atoms with E-state index in [0.29, 0.717) is 13.0 Å². The largest absolute Gasteiger partial charge is 0.457 e. The van der Waals surface area contributed by atoms with Gasteiger partial charge >= 0.3 is 5.97 Å². The molecule has 2 aromatic rings. The van der Waals surface area contributed by atoms with Crippen molar-refractivity contribution in [3.05, 3.63) is 59.5 Å². The van der Waals surface area contributed by atoms with E-state index in [0.717, 1.165) is 11.1 Å². The highest BCUT2D eigenvalue weighted by Crippen LogP contribution is 2.08. The van der Waals surface area contributed by atoms with Gasteiger partial charge in [-0.1, -0.05) is 36.8 Å². The van der Waals surface area contributed by atoms with Gasteiger partial charge in [0, 0.05) is 6.54 Å². The Bertz CT molecular complexity index is 617. The number of furan rings is 1. The van der Waals surface area contributed by atoms with Gasteiger partial charge in [0.05, 0.1) is 6.26 Å². The molecule has 0 unspecified atom stereocenters. The average molecular weight is 301 g/mol. The Morgan fingerprint density at radius 1 is 1.23 bits per heavy atom. The molecule has 22 heavy (non-hydrogen) atoms. The molecule has 0 aliphatic carbocycles. The lowest BCUT2D eigenvalue weighted by atomic mass is 10.1. The van der Waals surface area contributed by atoms with Crippen LogP contribution in [0, 0.1) is 6.92 Å². The van der Waals surface area contributed by atoms with E-state index in [1.165, 1.54) is 12.3 Å². The third-order valence-corrected chi connectivity index (χ3v) is 3.22. The molecule has 5 nitrogen and oxygen atoms in total. The molecule has 1 atom stereocenters. The van der Waals surface area contributed by atoms with Gasteiger partial charge in [0.15, 0.2) is 6.10 Å². The molecule has 1 aromatic heterocycles. The van der Waals surface area contributed by atoms with Gasteiger partial charge in [-0.3, -0.25) is 4.79 Å². The Morgan fingerprint density at radius 3 is 2.55 bits per heavy atom. The summed E-state index contributed by atoms with van der Waals surface area (Å²) in [5, 5.41) is 2.77. The monoisotopic (exact) mass is 301 g/mol. The van der Waals surface area contributed by atoms with Gasteiger partial charge in [0.2, 0.25) is 5.76 Å². The second kappa shape index (κ2) is 7.45. The molecule has 1 aromatic carbocycles. The van der Waals surface area contributed by atoms with Gasteiger partial charge in [-0.15, -0.1) is 0 Å². The highest BCUT2D eigenvalue weighted by atomic mass is 16.6. The van der Waals surface area contributed by atoms with Gasteiger partial charge < -0.3 is 14.5 Å². The Balaban J connectivity index is 1.88. The maximum Gasteiger partial charge on any atom is 0.374 e. The summed E-state index contributed by atoms with van der Waals surface area (Å²) in [7, 11) is 0. The fourth-order valence-electron chi connectivity index (χ4n) is 1.91. The molecule has 2 rings (SSSR count). The summed E-state index contributed by atoms with van der Waals surface area (Å²) in [6.45, 7) is 4.18. The molecule has 1 N–H and O–H groups in total. The van der Waals surface area contributed by atoms with Crippen LogP contribution < -0.4 is 5.32 Å². The number of rotatable bonds is 6. The molecular weight excluding hydrogens is 282 g/mol. The molecule has 0 fully saturated rings. The predicted molar refractivity (Wildman–Crippen MR) is 81.2 cm³/mol. The Hall–Kier alpha value is -2.56. The van der Waals surface area contributed by atoms with E-state index in [-0.39, 0.29) is 11.7 Å². The standard InChI is InChI=1S/C17H19NO4/c1-3-14(22-17(20)15-5-4-10-21-15)16(19)18-11-13-8-6-12(2)7-9-13/h4-10,14H,3,11H2,1-2H3,(H,18,19)/t14-/m1/s1. The number of carbonyl (C=O) groups is 2. The van der Waals surface area contributed by atoms with Crippen molar-refractivity contribution < 1.29 is 18.7 Å². The molecular formula is C17H19NO4. The van der Waals surface area contributed by atoms with Crippen LogP contribution in [-0.4, -0.2) is 18.0 Å². The summed E-state index contributed by atoms with van der Waals surface area (Å²) in [6.07, 6.45) is 0.948. The number of esters is 1. The lowest BCUT2D eigenvalue weighted by molar-refractivity contribution is -0.130. The number of benzene rings is 1. The summed E-state index contributed by atoms with van der Waals surface area (Å²) >= 11 is 0. The van der Waals surface area contributed by atoms with E-state index >= 15 is 0 Å². The van der Waals surface area contributed by atoms with E-state index in [4.69, 9.17) is 9.15 Å². The van der Waals surface area contributed by atoms with Crippen molar-refractivity contribution in [1.29, 1.82) is 0 Å². The second-order valence-electron chi connectivity index (χ2n) is 4.98. The van der Waals surface area contributed by atoms with Crippen LogP contribution >= 0.6 is 0 Å². The zero-order valence-corrected chi connectivity index (χ0v) is 12.7. The van der Waals surface area contributed by atoms with Crippen LogP contribution in [0.25, 0.3) is 0 Å². The summed E-state index contributed by atoms with van der Waals surface area (Å²) in [4.78, 5) is 23.9. The topological polar surface area (TPSA) is 68.5 Å². The number of carbonyl (C=O) groups excluding carboxylic acids is 2. The van der Waals surface area contributed by atoms with Crippen molar-refractivity contribution in [3.63, 3.8) is 0 Å². The molecule has 0 aliphatic heterocycles. The normalized spacial score (nSPS) is 11.7. The van der Waals surface area contributed by atoms with Crippen LogP contribution in [0.15, 0.2) is 47.1 Å². The quantitative estimate of drug-likeness (QED) is 0.833. The zero-order chi connectivity index (χ0) is 15.9. The second-order valence-corrected chi connectivity index (χ2v) is 4.98. The lowest BCUT2D eigenvalue weighted by Crippen LogP contribution is -2.37. The Labute approximate surface area is 129 Å². The van der Waals surface area contributed by atoms with E-state index in [9.17, 15) is 9.59 Å². The maximum absolute atomic E-state index is 12.1. The predicted octanol–water partition coefficient (Wildman–Crippen LogP) is 2.84. The molecule has 0 bridgehead atoms. The molecule has 5 heteroatoms. The minimum Gasteiger partial charge on any atom is -0.457 e.